The first-order valence-corrected chi connectivity index (χ1v) is 7.41. The maximum Gasteiger partial charge on any atom is 0.129 e. The van der Waals surface area contributed by atoms with Crippen LogP contribution in [0.2, 0.25) is 0 Å². The highest BCUT2D eigenvalue weighted by molar-refractivity contribution is 5.20. The van der Waals surface area contributed by atoms with E-state index in [1.807, 2.05) is 19.9 Å². The fraction of sp³-hybridized carbons (Fsp3) is 0.625. The largest absolute Gasteiger partial charge is 0.379 e. The average Bonchev–Trinajstić information content (AvgIpc) is 3.26. The maximum absolute atomic E-state index is 13.9. The van der Waals surface area contributed by atoms with E-state index in [9.17, 15) is 4.39 Å². The number of benzene rings is 1. The van der Waals surface area contributed by atoms with Gasteiger partial charge >= 0.3 is 0 Å². The van der Waals surface area contributed by atoms with Crippen LogP contribution in [0, 0.1) is 5.82 Å². The molecule has 1 fully saturated rings. The Hall–Kier alpha value is -0.970. The van der Waals surface area contributed by atoms with Crippen molar-refractivity contribution in [2.45, 2.75) is 44.9 Å². The molecule has 1 aliphatic rings. The van der Waals surface area contributed by atoms with Crippen molar-refractivity contribution >= 4 is 0 Å². The molecule has 0 heterocycles. The third-order valence-electron chi connectivity index (χ3n) is 3.37. The molecule has 1 N–H and O–H groups in total. The van der Waals surface area contributed by atoms with Crippen molar-refractivity contribution in [1.82, 2.24) is 5.32 Å². The summed E-state index contributed by atoms with van der Waals surface area (Å²) >= 11 is 0. The molecule has 4 heteroatoms. The lowest BCUT2D eigenvalue weighted by Crippen LogP contribution is -2.29. The lowest BCUT2D eigenvalue weighted by atomic mass is 10.1. The Balaban J connectivity index is 1.97. The summed E-state index contributed by atoms with van der Waals surface area (Å²) < 4.78 is 25.3. The number of rotatable bonds is 9. The first kappa shape index (κ1) is 15.4. The van der Waals surface area contributed by atoms with Crippen molar-refractivity contribution in [3.8, 4) is 0 Å². The van der Waals surface area contributed by atoms with Crippen LogP contribution < -0.4 is 5.32 Å². The molecular formula is C16H24FNO2. The molecule has 0 saturated heterocycles. The van der Waals surface area contributed by atoms with E-state index in [1.165, 1.54) is 18.9 Å². The van der Waals surface area contributed by atoms with Gasteiger partial charge in [0.2, 0.25) is 0 Å². The second-order valence-electron chi connectivity index (χ2n) is 5.30. The van der Waals surface area contributed by atoms with Gasteiger partial charge in [-0.1, -0.05) is 18.2 Å². The van der Waals surface area contributed by atoms with Crippen molar-refractivity contribution in [3.05, 3.63) is 35.6 Å². The van der Waals surface area contributed by atoms with Crippen LogP contribution in [0.5, 0.6) is 0 Å². The summed E-state index contributed by atoms with van der Waals surface area (Å²) in [5, 5.41) is 3.41. The van der Waals surface area contributed by atoms with Gasteiger partial charge in [0.05, 0.1) is 18.8 Å². The molecule has 3 nitrogen and oxygen atoms in total. The van der Waals surface area contributed by atoms with Crippen molar-refractivity contribution in [2.75, 3.05) is 19.8 Å². The zero-order valence-corrected chi connectivity index (χ0v) is 12.3. The quantitative estimate of drug-likeness (QED) is 0.754. The van der Waals surface area contributed by atoms with Gasteiger partial charge in [-0.25, -0.2) is 4.39 Å². The van der Waals surface area contributed by atoms with Crippen molar-refractivity contribution in [1.29, 1.82) is 0 Å². The molecule has 0 radical (unpaired) electrons. The van der Waals surface area contributed by atoms with Gasteiger partial charge in [-0.2, -0.15) is 0 Å². The van der Waals surface area contributed by atoms with Gasteiger partial charge in [0.1, 0.15) is 5.82 Å². The van der Waals surface area contributed by atoms with Gasteiger partial charge in [0.25, 0.3) is 0 Å². The van der Waals surface area contributed by atoms with Crippen LogP contribution in [-0.4, -0.2) is 31.9 Å². The minimum absolute atomic E-state index is 0.0550. The van der Waals surface area contributed by atoms with Crippen LogP contribution in [0.3, 0.4) is 0 Å². The second kappa shape index (κ2) is 7.72. The fourth-order valence-corrected chi connectivity index (χ4v) is 2.13. The summed E-state index contributed by atoms with van der Waals surface area (Å²) in [6.45, 7) is 5.75. The Morgan fingerprint density at radius 1 is 1.35 bits per heavy atom. The lowest BCUT2D eigenvalue weighted by molar-refractivity contribution is -0.0482. The van der Waals surface area contributed by atoms with Crippen LogP contribution in [0.25, 0.3) is 0 Å². The van der Waals surface area contributed by atoms with Gasteiger partial charge < -0.3 is 14.8 Å². The Kier molecular flexibility index (Phi) is 5.95. The standard InChI is InChI=1S/C16H24FNO2/c1-3-19-11-12(2)20-16(10-18-13-8-9-13)14-6-4-5-7-15(14)17/h4-7,12-13,16,18H,3,8-11H2,1-2H3. The van der Waals surface area contributed by atoms with E-state index in [-0.39, 0.29) is 18.0 Å². The number of ether oxygens (including phenoxy) is 2. The first-order valence-electron chi connectivity index (χ1n) is 7.41. The zero-order valence-electron chi connectivity index (χ0n) is 12.3. The van der Waals surface area contributed by atoms with Crippen molar-refractivity contribution in [2.24, 2.45) is 0 Å². The maximum atomic E-state index is 13.9. The zero-order chi connectivity index (χ0) is 14.4. The molecular weight excluding hydrogens is 257 g/mol. The van der Waals surface area contributed by atoms with Gasteiger partial charge in [0.15, 0.2) is 0 Å². The van der Waals surface area contributed by atoms with Gasteiger partial charge in [0, 0.05) is 24.8 Å². The Bertz CT molecular complexity index is 409. The molecule has 2 atom stereocenters. The Morgan fingerprint density at radius 2 is 2.10 bits per heavy atom. The smallest absolute Gasteiger partial charge is 0.129 e. The van der Waals surface area contributed by atoms with E-state index in [4.69, 9.17) is 9.47 Å². The highest BCUT2D eigenvalue weighted by atomic mass is 19.1. The normalized spacial score (nSPS) is 17.9. The Labute approximate surface area is 120 Å². The summed E-state index contributed by atoms with van der Waals surface area (Å²) in [5.41, 5.74) is 0.615. The highest BCUT2D eigenvalue weighted by Crippen LogP contribution is 2.24. The van der Waals surface area contributed by atoms with Crippen molar-refractivity contribution in [3.63, 3.8) is 0 Å². The number of hydrogen-bond acceptors (Lipinski definition) is 3. The van der Waals surface area contributed by atoms with E-state index < -0.39 is 0 Å². The molecule has 2 unspecified atom stereocenters. The SMILES string of the molecule is CCOCC(C)OC(CNC1CC1)c1ccccc1F. The monoisotopic (exact) mass is 281 g/mol. The molecule has 0 amide bonds. The molecule has 0 aromatic heterocycles. The van der Waals surface area contributed by atoms with Crippen LogP contribution in [0.4, 0.5) is 4.39 Å². The summed E-state index contributed by atoms with van der Waals surface area (Å²) in [6.07, 6.45) is 2.09. The van der Waals surface area contributed by atoms with Crippen LogP contribution in [-0.2, 0) is 9.47 Å². The Morgan fingerprint density at radius 3 is 2.75 bits per heavy atom. The number of halogens is 1. The van der Waals surface area contributed by atoms with Gasteiger partial charge in [-0.15, -0.1) is 0 Å². The summed E-state index contributed by atoms with van der Waals surface area (Å²) in [6, 6.07) is 7.40. The third-order valence-corrected chi connectivity index (χ3v) is 3.37. The molecule has 20 heavy (non-hydrogen) atoms. The van der Waals surface area contributed by atoms with Crippen molar-refractivity contribution < 1.29 is 13.9 Å². The molecule has 0 aliphatic heterocycles. The topological polar surface area (TPSA) is 30.5 Å². The second-order valence-corrected chi connectivity index (χ2v) is 5.30. The minimum Gasteiger partial charge on any atom is -0.379 e. The molecule has 1 saturated carbocycles. The van der Waals surface area contributed by atoms with Crippen LogP contribution >= 0.6 is 0 Å². The van der Waals surface area contributed by atoms with E-state index in [2.05, 4.69) is 5.32 Å². The van der Waals surface area contributed by atoms with Gasteiger partial charge in [-0.3, -0.25) is 0 Å². The van der Waals surface area contributed by atoms with Crippen LogP contribution in [0.15, 0.2) is 24.3 Å². The predicted molar refractivity (Wildman–Crippen MR) is 77.2 cm³/mol. The number of hydrogen-bond donors (Lipinski definition) is 1. The third kappa shape index (κ3) is 4.85. The first-order chi connectivity index (χ1) is 9.70. The predicted octanol–water partition coefficient (Wildman–Crippen LogP) is 3.06. The molecule has 1 aromatic carbocycles. The van der Waals surface area contributed by atoms with E-state index in [1.54, 1.807) is 12.1 Å². The summed E-state index contributed by atoms with van der Waals surface area (Å²) in [5.74, 6) is -0.210. The molecule has 1 aromatic rings. The summed E-state index contributed by atoms with van der Waals surface area (Å²) in [7, 11) is 0. The molecule has 0 bridgehead atoms. The summed E-state index contributed by atoms with van der Waals surface area (Å²) in [4.78, 5) is 0. The minimum atomic E-state index is -0.271. The van der Waals surface area contributed by atoms with E-state index >= 15 is 0 Å². The van der Waals surface area contributed by atoms with E-state index in [0.717, 1.165) is 0 Å². The van der Waals surface area contributed by atoms with Crippen LogP contribution in [0.1, 0.15) is 38.4 Å². The molecule has 0 spiro atoms. The molecule has 2 rings (SSSR count). The highest BCUT2D eigenvalue weighted by Gasteiger charge is 2.25. The lowest BCUT2D eigenvalue weighted by Gasteiger charge is -2.23. The fourth-order valence-electron chi connectivity index (χ4n) is 2.13. The number of nitrogens with one attached hydrogen (secondary N) is 1. The molecule has 1 aliphatic carbocycles. The molecule has 112 valence electrons. The van der Waals surface area contributed by atoms with E-state index in [0.29, 0.717) is 31.4 Å². The van der Waals surface area contributed by atoms with Gasteiger partial charge in [-0.05, 0) is 32.8 Å². The average molecular weight is 281 g/mol.